The fourth-order valence-electron chi connectivity index (χ4n) is 1.80. The van der Waals surface area contributed by atoms with Crippen LogP contribution in [0.5, 0.6) is 0 Å². The molecule has 4 nitrogen and oxygen atoms in total. The first kappa shape index (κ1) is 10.4. The fraction of sp³-hybridized carbons (Fsp3) is 0.167. The maximum absolute atomic E-state index is 5.95. The maximum Gasteiger partial charge on any atom is 0.131 e. The van der Waals surface area contributed by atoms with Crippen LogP contribution in [0.25, 0.3) is 5.69 Å². The molecule has 2 heterocycles. The third-order valence-corrected chi connectivity index (χ3v) is 2.84. The van der Waals surface area contributed by atoms with Gasteiger partial charge in [-0.3, -0.25) is 4.99 Å². The summed E-state index contributed by atoms with van der Waals surface area (Å²) in [5, 5.41) is 8.23. The van der Waals surface area contributed by atoms with Crippen molar-refractivity contribution in [2.24, 2.45) is 4.99 Å². The Morgan fingerprint density at radius 1 is 1.35 bits per heavy atom. The summed E-state index contributed by atoms with van der Waals surface area (Å²) in [6.45, 7) is 1.73. The Hall–Kier alpha value is -1.81. The molecule has 86 valence electrons. The van der Waals surface area contributed by atoms with Gasteiger partial charge in [-0.1, -0.05) is 17.7 Å². The Labute approximate surface area is 104 Å². The Bertz CT molecular complexity index is 573. The third-order valence-electron chi connectivity index (χ3n) is 2.60. The van der Waals surface area contributed by atoms with Crippen LogP contribution in [0.3, 0.4) is 0 Å². The molecule has 1 aliphatic heterocycles. The van der Waals surface area contributed by atoms with Crippen LogP contribution in [0.4, 0.5) is 0 Å². The summed E-state index contributed by atoms with van der Waals surface area (Å²) in [5.41, 5.74) is 1.95. The second-order valence-corrected chi connectivity index (χ2v) is 4.25. The van der Waals surface area contributed by atoms with Gasteiger partial charge in [0, 0.05) is 17.8 Å². The summed E-state index contributed by atoms with van der Waals surface area (Å²) < 4.78 is 1.80. The number of nitrogens with zero attached hydrogens (tertiary/aromatic N) is 3. The highest BCUT2D eigenvalue weighted by molar-refractivity contribution is 6.30. The molecule has 0 saturated heterocycles. The highest BCUT2D eigenvalue weighted by atomic mass is 35.5. The van der Waals surface area contributed by atoms with Crippen molar-refractivity contribution in [3.8, 4) is 5.69 Å². The number of halogens is 1. The molecule has 0 unspecified atom stereocenters. The molecule has 1 aliphatic rings. The van der Waals surface area contributed by atoms with E-state index in [0.29, 0.717) is 5.02 Å². The van der Waals surface area contributed by atoms with Crippen molar-refractivity contribution in [1.82, 2.24) is 15.1 Å². The lowest BCUT2D eigenvalue weighted by Gasteiger charge is -2.01. The molecule has 0 spiro atoms. The van der Waals surface area contributed by atoms with Crippen molar-refractivity contribution < 1.29 is 0 Å². The van der Waals surface area contributed by atoms with Crippen LogP contribution < -0.4 is 5.32 Å². The van der Waals surface area contributed by atoms with E-state index in [9.17, 15) is 0 Å². The van der Waals surface area contributed by atoms with Gasteiger partial charge >= 0.3 is 0 Å². The average Bonchev–Trinajstić information content (AvgIpc) is 3.00. The van der Waals surface area contributed by atoms with Crippen molar-refractivity contribution in [2.75, 3.05) is 13.1 Å². The molecule has 0 amide bonds. The zero-order valence-corrected chi connectivity index (χ0v) is 9.85. The molecule has 2 aromatic rings. The van der Waals surface area contributed by atoms with Gasteiger partial charge in [0.2, 0.25) is 0 Å². The molecule has 0 saturated carbocycles. The summed E-state index contributed by atoms with van der Waals surface area (Å²) >= 11 is 5.95. The van der Waals surface area contributed by atoms with Gasteiger partial charge in [0.15, 0.2) is 0 Å². The molecule has 1 aromatic carbocycles. The van der Waals surface area contributed by atoms with Crippen molar-refractivity contribution in [3.63, 3.8) is 0 Å². The first-order valence-electron chi connectivity index (χ1n) is 5.42. The minimum absolute atomic E-state index is 0.705. The number of nitrogens with one attached hydrogen (secondary N) is 1. The van der Waals surface area contributed by atoms with Crippen molar-refractivity contribution in [2.45, 2.75) is 0 Å². The number of rotatable bonds is 2. The summed E-state index contributed by atoms with van der Waals surface area (Å²) in [7, 11) is 0. The molecule has 0 radical (unpaired) electrons. The van der Waals surface area contributed by atoms with E-state index in [2.05, 4.69) is 15.4 Å². The molecule has 3 rings (SSSR count). The minimum atomic E-state index is 0.705. The predicted molar refractivity (Wildman–Crippen MR) is 68.0 cm³/mol. The Morgan fingerprint density at radius 2 is 2.29 bits per heavy atom. The lowest BCUT2D eigenvalue weighted by Crippen LogP contribution is -2.18. The monoisotopic (exact) mass is 246 g/mol. The summed E-state index contributed by atoms with van der Waals surface area (Å²) in [6, 6.07) is 7.59. The number of aromatic nitrogens is 2. The van der Waals surface area contributed by atoms with E-state index < -0.39 is 0 Å². The van der Waals surface area contributed by atoms with E-state index >= 15 is 0 Å². The summed E-state index contributed by atoms with van der Waals surface area (Å²) in [5.74, 6) is 0.915. The van der Waals surface area contributed by atoms with Gasteiger partial charge in [-0.2, -0.15) is 5.10 Å². The predicted octanol–water partition coefficient (Wildman–Crippen LogP) is 1.88. The normalized spacial score (nSPS) is 14.5. The van der Waals surface area contributed by atoms with Crippen LogP contribution in [0.1, 0.15) is 5.56 Å². The van der Waals surface area contributed by atoms with Crippen LogP contribution in [0.2, 0.25) is 5.02 Å². The Kier molecular flexibility index (Phi) is 2.57. The summed E-state index contributed by atoms with van der Waals surface area (Å²) in [4.78, 5) is 4.36. The number of hydrogen-bond acceptors (Lipinski definition) is 3. The minimum Gasteiger partial charge on any atom is -0.368 e. The zero-order chi connectivity index (χ0) is 11.7. The number of hydrogen-bond donors (Lipinski definition) is 1. The van der Waals surface area contributed by atoms with E-state index in [-0.39, 0.29) is 0 Å². The second-order valence-electron chi connectivity index (χ2n) is 3.81. The first-order valence-corrected chi connectivity index (χ1v) is 5.80. The second kappa shape index (κ2) is 4.22. The van der Waals surface area contributed by atoms with E-state index in [1.807, 2.05) is 30.5 Å². The highest BCUT2D eigenvalue weighted by Gasteiger charge is 2.10. The van der Waals surface area contributed by atoms with Gasteiger partial charge in [0.1, 0.15) is 5.84 Å². The lowest BCUT2D eigenvalue weighted by molar-refractivity contribution is 0.880. The topological polar surface area (TPSA) is 42.2 Å². The van der Waals surface area contributed by atoms with Crippen LogP contribution in [0.15, 0.2) is 41.7 Å². The van der Waals surface area contributed by atoms with Gasteiger partial charge in [-0.15, -0.1) is 0 Å². The van der Waals surface area contributed by atoms with Gasteiger partial charge in [0.05, 0.1) is 24.0 Å². The fourth-order valence-corrected chi connectivity index (χ4v) is 1.98. The molecule has 0 aliphatic carbocycles. The molecule has 1 aromatic heterocycles. The molecular formula is C12H11ClN4. The van der Waals surface area contributed by atoms with Crippen molar-refractivity contribution in [1.29, 1.82) is 0 Å². The smallest absolute Gasteiger partial charge is 0.131 e. The maximum atomic E-state index is 5.95. The molecule has 0 atom stereocenters. The molecule has 17 heavy (non-hydrogen) atoms. The third kappa shape index (κ3) is 2.03. The van der Waals surface area contributed by atoms with E-state index in [1.165, 1.54) is 0 Å². The summed E-state index contributed by atoms with van der Waals surface area (Å²) in [6.07, 6.45) is 3.75. The van der Waals surface area contributed by atoms with E-state index in [4.69, 9.17) is 11.6 Å². The van der Waals surface area contributed by atoms with Crippen molar-refractivity contribution >= 4 is 17.4 Å². The van der Waals surface area contributed by atoms with Gasteiger partial charge in [-0.05, 0) is 18.2 Å². The first-order chi connectivity index (χ1) is 8.33. The molecular weight excluding hydrogens is 236 g/mol. The molecule has 0 fully saturated rings. The Balaban J connectivity index is 1.94. The van der Waals surface area contributed by atoms with Gasteiger partial charge < -0.3 is 5.32 Å². The van der Waals surface area contributed by atoms with Crippen LogP contribution in [-0.4, -0.2) is 28.7 Å². The SMILES string of the molecule is Clc1cccc(-n2cc(C3=NCCN3)cn2)c1. The molecule has 5 heteroatoms. The van der Waals surface area contributed by atoms with Gasteiger partial charge in [0.25, 0.3) is 0 Å². The quantitative estimate of drug-likeness (QED) is 0.879. The lowest BCUT2D eigenvalue weighted by atomic mass is 10.3. The van der Waals surface area contributed by atoms with Crippen LogP contribution in [-0.2, 0) is 0 Å². The largest absolute Gasteiger partial charge is 0.368 e. The zero-order valence-electron chi connectivity index (χ0n) is 9.10. The molecule has 0 bridgehead atoms. The number of amidine groups is 1. The highest BCUT2D eigenvalue weighted by Crippen LogP contribution is 2.15. The van der Waals surface area contributed by atoms with Gasteiger partial charge in [-0.25, -0.2) is 4.68 Å². The van der Waals surface area contributed by atoms with E-state index in [0.717, 1.165) is 30.2 Å². The Morgan fingerprint density at radius 3 is 3.06 bits per heavy atom. The number of benzene rings is 1. The average molecular weight is 247 g/mol. The van der Waals surface area contributed by atoms with Crippen LogP contribution in [0, 0.1) is 0 Å². The standard InChI is InChI=1S/C12H11ClN4/c13-10-2-1-3-11(6-10)17-8-9(7-16-17)12-14-4-5-15-12/h1-3,6-8H,4-5H2,(H,14,15). The van der Waals surface area contributed by atoms with Crippen LogP contribution >= 0.6 is 11.6 Å². The van der Waals surface area contributed by atoms with E-state index in [1.54, 1.807) is 10.9 Å². The molecule has 1 N–H and O–H groups in total. The number of aliphatic imine (C=N–C) groups is 1. The van der Waals surface area contributed by atoms with Crippen molar-refractivity contribution in [3.05, 3.63) is 47.2 Å².